The molecule has 0 bridgehead atoms. The van der Waals surface area contributed by atoms with Gasteiger partial charge in [-0.25, -0.2) is 0 Å². The van der Waals surface area contributed by atoms with Crippen LogP contribution in [0, 0.1) is 0 Å². The van der Waals surface area contributed by atoms with Crippen LogP contribution < -0.4 is 0 Å². The monoisotopic (exact) mass is 354 g/mol. The minimum Gasteiger partial charge on any atom is -0.0616 e. The summed E-state index contributed by atoms with van der Waals surface area (Å²) >= 11 is 0. The molecule has 0 saturated heterocycles. The van der Waals surface area contributed by atoms with E-state index >= 15 is 0 Å². The van der Waals surface area contributed by atoms with E-state index in [9.17, 15) is 0 Å². The molecule has 0 aliphatic rings. The Balaban J connectivity index is 1.55. The van der Waals surface area contributed by atoms with Crippen molar-refractivity contribution in [2.75, 3.05) is 0 Å². The highest BCUT2D eigenvalue weighted by molar-refractivity contribution is 6.05. The molecule has 6 aromatic rings. The Hall–Kier alpha value is -3.64. The number of fused-ring (bicyclic) bond motifs is 4. The smallest absolute Gasteiger partial charge is 0.0171 e. The van der Waals surface area contributed by atoms with Crippen molar-refractivity contribution in [2.45, 2.75) is 0 Å². The van der Waals surface area contributed by atoms with Gasteiger partial charge in [0.15, 0.2) is 0 Å². The van der Waals surface area contributed by atoms with Gasteiger partial charge in [-0.3, -0.25) is 0 Å². The Morgan fingerprint density at radius 3 is 1.21 bits per heavy atom. The number of rotatable bonds is 1. The summed E-state index contributed by atoms with van der Waals surface area (Å²) in [6.45, 7) is 0. The SMILES string of the molecule is c1ccc2cc(-c3ccc4cc5cc6ccccc6cc5cc4c3)ccc2c1. The van der Waals surface area contributed by atoms with Crippen LogP contribution in [0.15, 0.2) is 109 Å². The van der Waals surface area contributed by atoms with Crippen LogP contribution in [0.2, 0.25) is 0 Å². The molecule has 0 atom stereocenters. The first kappa shape index (κ1) is 15.4. The third-order valence-corrected chi connectivity index (χ3v) is 5.74. The molecular formula is C28H18. The van der Waals surface area contributed by atoms with Gasteiger partial charge in [-0.2, -0.15) is 0 Å². The summed E-state index contributed by atoms with van der Waals surface area (Å²) in [5.74, 6) is 0. The first-order valence-electron chi connectivity index (χ1n) is 9.69. The minimum atomic E-state index is 1.26. The van der Waals surface area contributed by atoms with Crippen molar-refractivity contribution in [3.8, 4) is 11.1 Å². The molecule has 0 radical (unpaired) electrons. The summed E-state index contributed by atoms with van der Waals surface area (Å²) in [5, 5.41) is 10.3. The maximum atomic E-state index is 2.32. The van der Waals surface area contributed by atoms with Crippen molar-refractivity contribution in [3.63, 3.8) is 0 Å². The van der Waals surface area contributed by atoms with Gasteiger partial charge in [-0.15, -0.1) is 0 Å². The van der Waals surface area contributed by atoms with Crippen LogP contribution in [-0.2, 0) is 0 Å². The maximum absolute atomic E-state index is 2.32. The molecule has 28 heavy (non-hydrogen) atoms. The third-order valence-electron chi connectivity index (χ3n) is 5.74. The molecule has 0 N–H and O–H groups in total. The van der Waals surface area contributed by atoms with Gasteiger partial charge in [0.1, 0.15) is 0 Å². The van der Waals surface area contributed by atoms with E-state index in [2.05, 4.69) is 109 Å². The molecule has 0 heterocycles. The van der Waals surface area contributed by atoms with Crippen molar-refractivity contribution in [1.29, 1.82) is 0 Å². The fraction of sp³-hybridized carbons (Fsp3) is 0. The van der Waals surface area contributed by atoms with Crippen molar-refractivity contribution in [3.05, 3.63) is 109 Å². The Morgan fingerprint density at radius 1 is 0.250 bits per heavy atom. The van der Waals surface area contributed by atoms with Crippen LogP contribution in [0.4, 0.5) is 0 Å². The van der Waals surface area contributed by atoms with Gasteiger partial charge in [-0.05, 0) is 90.6 Å². The third kappa shape index (κ3) is 2.46. The second-order valence-electron chi connectivity index (χ2n) is 7.52. The largest absolute Gasteiger partial charge is 0.0616 e. The van der Waals surface area contributed by atoms with E-state index in [1.165, 1.54) is 54.2 Å². The fourth-order valence-corrected chi connectivity index (χ4v) is 4.24. The van der Waals surface area contributed by atoms with E-state index in [0.29, 0.717) is 0 Å². The Kier molecular flexibility index (Phi) is 3.27. The topological polar surface area (TPSA) is 0 Å². The standard InChI is InChI=1S/C28H18/c1-2-6-20-13-23(10-9-19(20)5-1)24-11-12-25-17-27-14-21-7-3-4-8-22(21)15-28(27)18-26(25)16-24/h1-18H. The molecule has 0 unspecified atom stereocenters. The Bertz CT molecular complexity index is 1510. The molecular weight excluding hydrogens is 336 g/mol. The van der Waals surface area contributed by atoms with Crippen LogP contribution in [0.3, 0.4) is 0 Å². The quantitative estimate of drug-likeness (QED) is 0.263. The highest BCUT2D eigenvalue weighted by Gasteiger charge is 2.04. The van der Waals surface area contributed by atoms with E-state index < -0.39 is 0 Å². The second-order valence-corrected chi connectivity index (χ2v) is 7.52. The van der Waals surface area contributed by atoms with Crippen LogP contribution in [-0.4, -0.2) is 0 Å². The van der Waals surface area contributed by atoms with E-state index in [-0.39, 0.29) is 0 Å². The average molecular weight is 354 g/mol. The minimum absolute atomic E-state index is 1.26. The fourth-order valence-electron chi connectivity index (χ4n) is 4.24. The molecule has 0 aromatic heterocycles. The molecule has 6 rings (SSSR count). The molecule has 0 spiro atoms. The molecule has 0 aliphatic carbocycles. The van der Waals surface area contributed by atoms with Gasteiger partial charge in [0.2, 0.25) is 0 Å². The van der Waals surface area contributed by atoms with Gasteiger partial charge >= 0.3 is 0 Å². The van der Waals surface area contributed by atoms with Gasteiger partial charge < -0.3 is 0 Å². The molecule has 130 valence electrons. The highest BCUT2D eigenvalue weighted by Crippen LogP contribution is 2.31. The molecule has 0 fully saturated rings. The zero-order valence-electron chi connectivity index (χ0n) is 15.4. The van der Waals surface area contributed by atoms with Gasteiger partial charge in [-0.1, -0.05) is 72.8 Å². The average Bonchev–Trinajstić information content (AvgIpc) is 2.75. The predicted octanol–water partition coefficient (Wildman–Crippen LogP) is 7.97. The van der Waals surface area contributed by atoms with E-state index in [1.54, 1.807) is 0 Å². The zero-order chi connectivity index (χ0) is 18.5. The van der Waals surface area contributed by atoms with Crippen LogP contribution >= 0.6 is 0 Å². The molecule has 0 nitrogen and oxygen atoms in total. The first-order chi connectivity index (χ1) is 13.8. The van der Waals surface area contributed by atoms with Crippen molar-refractivity contribution < 1.29 is 0 Å². The van der Waals surface area contributed by atoms with E-state index in [4.69, 9.17) is 0 Å². The molecule has 0 heteroatoms. The van der Waals surface area contributed by atoms with Gasteiger partial charge in [0.25, 0.3) is 0 Å². The molecule has 6 aromatic carbocycles. The lowest BCUT2D eigenvalue weighted by molar-refractivity contribution is 1.68. The van der Waals surface area contributed by atoms with Crippen LogP contribution in [0.1, 0.15) is 0 Å². The van der Waals surface area contributed by atoms with E-state index in [1.807, 2.05) is 0 Å². The summed E-state index contributed by atoms with van der Waals surface area (Å²) in [4.78, 5) is 0. The van der Waals surface area contributed by atoms with Crippen molar-refractivity contribution in [2.24, 2.45) is 0 Å². The summed E-state index contributed by atoms with van der Waals surface area (Å²) in [6.07, 6.45) is 0. The Labute approximate surface area is 163 Å². The predicted molar refractivity (Wildman–Crippen MR) is 122 cm³/mol. The van der Waals surface area contributed by atoms with Crippen molar-refractivity contribution >= 4 is 43.1 Å². The summed E-state index contributed by atoms with van der Waals surface area (Å²) in [6, 6.07) is 39.8. The summed E-state index contributed by atoms with van der Waals surface area (Å²) in [7, 11) is 0. The lowest BCUT2D eigenvalue weighted by Crippen LogP contribution is -1.82. The normalized spacial score (nSPS) is 11.6. The summed E-state index contributed by atoms with van der Waals surface area (Å²) < 4.78 is 0. The molecule has 0 amide bonds. The lowest BCUT2D eigenvalue weighted by atomic mass is 9.96. The number of hydrogen-bond donors (Lipinski definition) is 0. The van der Waals surface area contributed by atoms with Crippen molar-refractivity contribution in [1.82, 2.24) is 0 Å². The van der Waals surface area contributed by atoms with Crippen LogP contribution in [0.25, 0.3) is 54.2 Å². The summed E-state index contributed by atoms with van der Waals surface area (Å²) in [5.41, 5.74) is 2.53. The highest BCUT2D eigenvalue weighted by atomic mass is 14.1. The second kappa shape index (κ2) is 5.94. The van der Waals surface area contributed by atoms with Gasteiger partial charge in [0.05, 0.1) is 0 Å². The number of hydrogen-bond acceptors (Lipinski definition) is 0. The lowest BCUT2D eigenvalue weighted by Gasteiger charge is -2.08. The van der Waals surface area contributed by atoms with Gasteiger partial charge in [0, 0.05) is 0 Å². The Morgan fingerprint density at radius 2 is 0.607 bits per heavy atom. The first-order valence-corrected chi connectivity index (χ1v) is 9.69. The van der Waals surface area contributed by atoms with E-state index in [0.717, 1.165) is 0 Å². The zero-order valence-corrected chi connectivity index (χ0v) is 15.4. The van der Waals surface area contributed by atoms with Crippen LogP contribution in [0.5, 0.6) is 0 Å². The maximum Gasteiger partial charge on any atom is -0.0171 e. The number of benzene rings is 6. The molecule has 0 saturated carbocycles. The molecule has 0 aliphatic heterocycles.